The molecular weight excluding hydrogens is 220 g/mol. The Bertz CT molecular complexity index is 194. The SMILES string of the molecule is CCCNCC(C)CN1CCCC(CCC)CC1. The highest BCUT2D eigenvalue weighted by Crippen LogP contribution is 2.22. The fourth-order valence-corrected chi connectivity index (χ4v) is 3.13. The highest BCUT2D eigenvalue weighted by atomic mass is 15.1. The summed E-state index contributed by atoms with van der Waals surface area (Å²) in [6, 6.07) is 0. The molecule has 2 unspecified atom stereocenters. The summed E-state index contributed by atoms with van der Waals surface area (Å²) >= 11 is 0. The summed E-state index contributed by atoms with van der Waals surface area (Å²) < 4.78 is 0. The quantitative estimate of drug-likeness (QED) is 0.667. The van der Waals surface area contributed by atoms with Crippen molar-refractivity contribution in [2.24, 2.45) is 11.8 Å². The van der Waals surface area contributed by atoms with Gasteiger partial charge in [-0.25, -0.2) is 0 Å². The summed E-state index contributed by atoms with van der Waals surface area (Å²) in [6.45, 7) is 13.3. The molecule has 1 aliphatic rings. The van der Waals surface area contributed by atoms with E-state index in [9.17, 15) is 0 Å². The van der Waals surface area contributed by atoms with E-state index in [0.717, 1.165) is 11.8 Å². The molecule has 108 valence electrons. The molecule has 0 saturated carbocycles. The molecular formula is C16H34N2. The lowest BCUT2D eigenvalue weighted by atomic mass is 9.96. The summed E-state index contributed by atoms with van der Waals surface area (Å²) in [5.41, 5.74) is 0. The summed E-state index contributed by atoms with van der Waals surface area (Å²) in [4.78, 5) is 2.70. The van der Waals surface area contributed by atoms with Gasteiger partial charge in [-0.15, -0.1) is 0 Å². The van der Waals surface area contributed by atoms with Gasteiger partial charge in [0, 0.05) is 6.54 Å². The van der Waals surface area contributed by atoms with E-state index in [2.05, 4.69) is 31.0 Å². The molecule has 1 N–H and O–H groups in total. The van der Waals surface area contributed by atoms with E-state index in [4.69, 9.17) is 0 Å². The largest absolute Gasteiger partial charge is 0.316 e. The molecule has 0 aliphatic carbocycles. The summed E-state index contributed by atoms with van der Waals surface area (Å²) in [6.07, 6.45) is 8.37. The van der Waals surface area contributed by atoms with Crippen molar-refractivity contribution < 1.29 is 0 Å². The first-order valence-electron chi connectivity index (χ1n) is 8.19. The molecule has 0 radical (unpaired) electrons. The Morgan fingerprint density at radius 1 is 1.17 bits per heavy atom. The zero-order valence-corrected chi connectivity index (χ0v) is 12.9. The van der Waals surface area contributed by atoms with E-state index in [0.29, 0.717) is 0 Å². The monoisotopic (exact) mass is 254 g/mol. The third-order valence-corrected chi connectivity index (χ3v) is 4.13. The number of rotatable bonds is 8. The Kier molecular flexibility index (Phi) is 8.70. The number of nitrogens with zero attached hydrogens (tertiary/aromatic N) is 1. The van der Waals surface area contributed by atoms with Gasteiger partial charge in [0.1, 0.15) is 0 Å². The number of likely N-dealkylation sites (tertiary alicyclic amines) is 1. The van der Waals surface area contributed by atoms with Gasteiger partial charge in [-0.05, 0) is 63.7 Å². The minimum Gasteiger partial charge on any atom is -0.316 e. The van der Waals surface area contributed by atoms with E-state index in [-0.39, 0.29) is 0 Å². The van der Waals surface area contributed by atoms with E-state index in [1.54, 1.807) is 0 Å². The second-order valence-corrected chi connectivity index (χ2v) is 6.20. The van der Waals surface area contributed by atoms with Crippen molar-refractivity contribution in [3.05, 3.63) is 0 Å². The molecule has 0 bridgehead atoms. The van der Waals surface area contributed by atoms with Crippen LogP contribution in [-0.4, -0.2) is 37.6 Å². The van der Waals surface area contributed by atoms with Crippen molar-refractivity contribution in [1.82, 2.24) is 10.2 Å². The van der Waals surface area contributed by atoms with Gasteiger partial charge in [0.15, 0.2) is 0 Å². The number of hydrogen-bond acceptors (Lipinski definition) is 2. The van der Waals surface area contributed by atoms with Crippen molar-refractivity contribution in [3.8, 4) is 0 Å². The second-order valence-electron chi connectivity index (χ2n) is 6.20. The van der Waals surface area contributed by atoms with Gasteiger partial charge in [-0.3, -0.25) is 0 Å². The number of hydrogen-bond donors (Lipinski definition) is 1. The van der Waals surface area contributed by atoms with Gasteiger partial charge < -0.3 is 10.2 Å². The van der Waals surface area contributed by atoms with Crippen molar-refractivity contribution >= 4 is 0 Å². The maximum Gasteiger partial charge on any atom is 0.00191 e. The normalized spacial score (nSPS) is 23.8. The van der Waals surface area contributed by atoms with E-state index < -0.39 is 0 Å². The average Bonchev–Trinajstić information content (AvgIpc) is 2.56. The van der Waals surface area contributed by atoms with E-state index in [1.165, 1.54) is 71.2 Å². The molecule has 0 aromatic carbocycles. The van der Waals surface area contributed by atoms with Crippen LogP contribution in [0.15, 0.2) is 0 Å². The predicted octanol–water partition coefficient (Wildman–Crippen LogP) is 3.52. The van der Waals surface area contributed by atoms with E-state index in [1.807, 2.05) is 0 Å². The maximum absolute atomic E-state index is 3.54. The van der Waals surface area contributed by atoms with Crippen LogP contribution in [-0.2, 0) is 0 Å². The molecule has 1 heterocycles. The molecule has 0 aromatic heterocycles. The van der Waals surface area contributed by atoms with Gasteiger partial charge in [0.2, 0.25) is 0 Å². The molecule has 2 nitrogen and oxygen atoms in total. The first-order valence-corrected chi connectivity index (χ1v) is 8.19. The average molecular weight is 254 g/mol. The zero-order valence-electron chi connectivity index (χ0n) is 12.9. The molecule has 1 saturated heterocycles. The standard InChI is InChI=1S/C16H34N2/c1-4-7-16-8-6-11-18(12-9-16)14-15(3)13-17-10-5-2/h15-17H,4-14H2,1-3H3. The van der Waals surface area contributed by atoms with Gasteiger partial charge in [0.05, 0.1) is 0 Å². The van der Waals surface area contributed by atoms with Gasteiger partial charge in [-0.1, -0.05) is 33.6 Å². The topological polar surface area (TPSA) is 15.3 Å². The first kappa shape index (κ1) is 16.0. The number of nitrogens with one attached hydrogen (secondary N) is 1. The fraction of sp³-hybridized carbons (Fsp3) is 1.00. The lowest BCUT2D eigenvalue weighted by molar-refractivity contribution is 0.239. The minimum absolute atomic E-state index is 0.791. The van der Waals surface area contributed by atoms with Gasteiger partial charge in [-0.2, -0.15) is 0 Å². The van der Waals surface area contributed by atoms with Gasteiger partial charge >= 0.3 is 0 Å². The predicted molar refractivity (Wildman–Crippen MR) is 81.0 cm³/mol. The van der Waals surface area contributed by atoms with Crippen molar-refractivity contribution in [1.29, 1.82) is 0 Å². The molecule has 2 atom stereocenters. The smallest absolute Gasteiger partial charge is 0.00191 e. The summed E-state index contributed by atoms with van der Waals surface area (Å²) in [5.74, 6) is 1.80. The van der Waals surface area contributed by atoms with Crippen molar-refractivity contribution in [2.45, 2.75) is 59.3 Å². The molecule has 0 amide bonds. The van der Waals surface area contributed by atoms with Crippen molar-refractivity contribution in [3.63, 3.8) is 0 Å². The van der Waals surface area contributed by atoms with Crippen LogP contribution < -0.4 is 5.32 Å². The summed E-state index contributed by atoms with van der Waals surface area (Å²) in [7, 11) is 0. The third-order valence-electron chi connectivity index (χ3n) is 4.13. The maximum atomic E-state index is 3.54. The summed E-state index contributed by atoms with van der Waals surface area (Å²) in [5, 5.41) is 3.54. The van der Waals surface area contributed by atoms with Crippen LogP contribution in [0.25, 0.3) is 0 Å². The van der Waals surface area contributed by atoms with E-state index >= 15 is 0 Å². The van der Waals surface area contributed by atoms with Crippen molar-refractivity contribution in [2.75, 3.05) is 32.7 Å². The molecule has 18 heavy (non-hydrogen) atoms. The Hall–Kier alpha value is -0.0800. The Balaban J connectivity index is 2.17. The zero-order chi connectivity index (χ0) is 13.2. The molecule has 0 aromatic rings. The lowest BCUT2D eigenvalue weighted by Gasteiger charge is -2.24. The van der Waals surface area contributed by atoms with Crippen LogP contribution in [0.5, 0.6) is 0 Å². The molecule has 2 heteroatoms. The Labute approximate surface area is 115 Å². The third kappa shape index (κ3) is 6.75. The van der Waals surface area contributed by atoms with Crippen LogP contribution >= 0.6 is 0 Å². The lowest BCUT2D eigenvalue weighted by Crippen LogP contribution is -2.34. The fourth-order valence-electron chi connectivity index (χ4n) is 3.13. The Morgan fingerprint density at radius 3 is 2.72 bits per heavy atom. The highest BCUT2D eigenvalue weighted by molar-refractivity contribution is 4.72. The van der Waals surface area contributed by atoms with Crippen LogP contribution in [0.3, 0.4) is 0 Å². The molecule has 1 fully saturated rings. The van der Waals surface area contributed by atoms with Crippen LogP contribution in [0.1, 0.15) is 59.3 Å². The molecule has 1 rings (SSSR count). The van der Waals surface area contributed by atoms with Crippen LogP contribution in [0.4, 0.5) is 0 Å². The van der Waals surface area contributed by atoms with Gasteiger partial charge in [0.25, 0.3) is 0 Å². The van der Waals surface area contributed by atoms with Crippen LogP contribution in [0.2, 0.25) is 0 Å². The Morgan fingerprint density at radius 2 is 2.00 bits per heavy atom. The second kappa shape index (κ2) is 9.80. The molecule has 1 aliphatic heterocycles. The molecule has 0 spiro atoms. The highest BCUT2D eigenvalue weighted by Gasteiger charge is 2.17. The minimum atomic E-state index is 0.791. The first-order chi connectivity index (χ1) is 8.76. The van der Waals surface area contributed by atoms with Crippen LogP contribution in [0, 0.1) is 11.8 Å².